The van der Waals surface area contributed by atoms with E-state index in [1.165, 1.54) is 0 Å². The summed E-state index contributed by atoms with van der Waals surface area (Å²) >= 11 is 0. The number of ether oxygens (including phenoxy) is 2. The molecule has 2 rings (SSSR count). The molecule has 2 aromatic rings. The second kappa shape index (κ2) is 9.32. The molecule has 0 aliphatic rings. The van der Waals surface area contributed by atoms with Crippen molar-refractivity contribution in [2.45, 2.75) is 20.0 Å². The van der Waals surface area contributed by atoms with Gasteiger partial charge < -0.3 is 20.1 Å². The van der Waals surface area contributed by atoms with Gasteiger partial charge in [0.15, 0.2) is 0 Å². The van der Waals surface area contributed by atoms with Crippen molar-refractivity contribution < 1.29 is 19.1 Å². The Balaban J connectivity index is 1.78. The number of hydrogen-bond acceptors (Lipinski definition) is 4. The first-order chi connectivity index (χ1) is 12.1. The van der Waals surface area contributed by atoms with Crippen LogP contribution in [0, 0.1) is 0 Å². The smallest absolute Gasteiger partial charge is 0.309 e. The van der Waals surface area contributed by atoms with E-state index in [4.69, 9.17) is 9.47 Å². The first-order valence-corrected chi connectivity index (χ1v) is 8.03. The molecule has 0 atom stereocenters. The van der Waals surface area contributed by atoms with E-state index >= 15 is 0 Å². The third-order valence-corrected chi connectivity index (χ3v) is 3.48. The van der Waals surface area contributed by atoms with Crippen LogP contribution in [0.5, 0.6) is 11.5 Å². The second-order valence-electron chi connectivity index (χ2n) is 5.29. The Bertz CT molecular complexity index is 714. The molecule has 0 spiro atoms. The highest BCUT2D eigenvalue weighted by Gasteiger charge is 2.12. The van der Waals surface area contributed by atoms with E-state index in [0.29, 0.717) is 12.4 Å². The van der Waals surface area contributed by atoms with Gasteiger partial charge in [0, 0.05) is 13.1 Å². The largest absolute Gasteiger partial charge is 0.497 e. The van der Waals surface area contributed by atoms with Gasteiger partial charge in [-0.25, -0.2) is 0 Å². The first-order valence-electron chi connectivity index (χ1n) is 8.03. The lowest BCUT2D eigenvalue weighted by atomic mass is 10.2. The fourth-order valence-electron chi connectivity index (χ4n) is 2.18. The van der Waals surface area contributed by atoms with Crippen LogP contribution in [0.4, 0.5) is 0 Å². The second-order valence-corrected chi connectivity index (χ2v) is 5.29. The molecule has 0 saturated heterocycles. The molecular weight excluding hydrogens is 320 g/mol. The Labute approximate surface area is 147 Å². The van der Waals surface area contributed by atoms with Gasteiger partial charge >= 0.3 is 11.8 Å². The summed E-state index contributed by atoms with van der Waals surface area (Å²) in [5.74, 6) is 0.130. The van der Waals surface area contributed by atoms with E-state index in [0.717, 1.165) is 16.9 Å². The lowest BCUT2D eigenvalue weighted by Crippen LogP contribution is -2.39. The molecule has 0 saturated carbocycles. The Hall–Kier alpha value is -3.02. The predicted octanol–water partition coefficient (Wildman–Crippen LogP) is 2.03. The van der Waals surface area contributed by atoms with Gasteiger partial charge in [0.1, 0.15) is 11.5 Å². The van der Waals surface area contributed by atoms with Crippen LogP contribution in [0.15, 0.2) is 48.5 Å². The number of nitrogens with one attached hydrogen (secondary N) is 2. The highest BCUT2D eigenvalue weighted by molar-refractivity contribution is 6.35. The van der Waals surface area contributed by atoms with Crippen molar-refractivity contribution in [3.63, 3.8) is 0 Å². The zero-order valence-electron chi connectivity index (χ0n) is 14.4. The lowest BCUT2D eigenvalue weighted by Gasteiger charge is -2.08. The monoisotopic (exact) mass is 342 g/mol. The van der Waals surface area contributed by atoms with Gasteiger partial charge in [-0.2, -0.15) is 0 Å². The van der Waals surface area contributed by atoms with Gasteiger partial charge in [-0.15, -0.1) is 0 Å². The number of carbonyl (C=O) groups excluding carboxylic acids is 2. The molecule has 2 N–H and O–H groups in total. The molecule has 0 bridgehead atoms. The van der Waals surface area contributed by atoms with Crippen LogP contribution in [0.25, 0.3) is 0 Å². The van der Waals surface area contributed by atoms with E-state index in [2.05, 4.69) is 10.6 Å². The van der Waals surface area contributed by atoms with Crippen LogP contribution >= 0.6 is 0 Å². The fourth-order valence-corrected chi connectivity index (χ4v) is 2.18. The van der Waals surface area contributed by atoms with E-state index in [-0.39, 0.29) is 13.1 Å². The standard InChI is InChI=1S/C19H22N2O4/c1-3-25-16-9-7-14(8-10-16)12-20-18(22)19(23)21-13-15-5-4-6-17(11-15)24-2/h4-11H,3,12-13H2,1-2H3,(H,20,22)(H,21,23). The maximum absolute atomic E-state index is 11.9. The average Bonchev–Trinajstić information content (AvgIpc) is 2.65. The summed E-state index contributed by atoms with van der Waals surface area (Å²) in [5.41, 5.74) is 1.74. The third kappa shape index (κ3) is 5.84. The Morgan fingerprint density at radius 2 is 1.52 bits per heavy atom. The fraction of sp³-hybridized carbons (Fsp3) is 0.263. The molecule has 6 heteroatoms. The minimum absolute atomic E-state index is 0.256. The number of carbonyl (C=O) groups is 2. The summed E-state index contributed by atoms with van der Waals surface area (Å²) in [5, 5.41) is 5.18. The van der Waals surface area contributed by atoms with Crippen molar-refractivity contribution in [3.8, 4) is 11.5 Å². The van der Waals surface area contributed by atoms with Crippen LogP contribution < -0.4 is 20.1 Å². The molecule has 0 aromatic heterocycles. The Kier molecular flexibility index (Phi) is 6.83. The van der Waals surface area contributed by atoms with Crippen molar-refractivity contribution in [3.05, 3.63) is 59.7 Å². The van der Waals surface area contributed by atoms with Crippen LogP contribution in [0.3, 0.4) is 0 Å². The summed E-state index contributed by atoms with van der Waals surface area (Å²) in [7, 11) is 1.58. The van der Waals surface area contributed by atoms with E-state index in [1.54, 1.807) is 13.2 Å². The quantitative estimate of drug-likeness (QED) is 0.755. The molecule has 0 heterocycles. The Morgan fingerprint density at radius 3 is 2.12 bits per heavy atom. The molecule has 6 nitrogen and oxygen atoms in total. The molecule has 2 amide bonds. The maximum atomic E-state index is 11.9. The number of methoxy groups -OCH3 is 1. The molecule has 0 aliphatic heterocycles. The topological polar surface area (TPSA) is 76.7 Å². The van der Waals surface area contributed by atoms with Gasteiger partial charge in [0.05, 0.1) is 13.7 Å². The molecule has 0 radical (unpaired) electrons. The molecule has 2 aromatic carbocycles. The third-order valence-electron chi connectivity index (χ3n) is 3.48. The maximum Gasteiger partial charge on any atom is 0.309 e. The SMILES string of the molecule is CCOc1ccc(CNC(=O)C(=O)NCc2cccc(OC)c2)cc1. The van der Waals surface area contributed by atoms with Gasteiger partial charge in [-0.05, 0) is 42.3 Å². The molecule has 0 unspecified atom stereocenters. The highest BCUT2D eigenvalue weighted by atomic mass is 16.5. The normalized spacial score (nSPS) is 10.0. The van der Waals surface area contributed by atoms with Crippen molar-refractivity contribution in [1.29, 1.82) is 0 Å². The highest BCUT2D eigenvalue weighted by Crippen LogP contribution is 2.12. The molecule has 0 fully saturated rings. The first kappa shape index (κ1) is 18.3. The predicted molar refractivity (Wildman–Crippen MR) is 94.3 cm³/mol. The lowest BCUT2D eigenvalue weighted by molar-refractivity contribution is -0.139. The van der Waals surface area contributed by atoms with Gasteiger partial charge in [-0.1, -0.05) is 24.3 Å². The van der Waals surface area contributed by atoms with E-state index in [9.17, 15) is 9.59 Å². The molecule has 132 valence electrons. The van der Waals surface area contributed by atoms with Crippen LogP contribution in [0.1, 0.15) is 18.1 Å². The minimum Gasteiger partial charge on any atom is -0.497 e. The number of amides is 2. The zero-order chi connectivity index (χ0) is 18.1. The van der Waals surface area contributed by atoms with Gasteiger partial charge in [0.25, 0.3) is 0 Å². The molecule has 25 heavy (non-hydrogen) atoms. The number of rotatable bonds is 7. The molecule has 0 aliphatic carbocycles. The zero-order valence-corrected chi connectivity index (χ0v) is 14.4. The number of hydrogen-bond donors (Lipinski definition) is 2. The summed E-state index contributed by atoms with van der Waals surface area (Å²) < 4.78 is 10.5. The molecular formula is C19H22N2O4. The van der Waals surface area contributed by atoms with Crippen LogP contribution in [0.2, 0.25) is 0 Å². The summed E-state index contributed by atoms with van der Waals surface area (Å²) in [6, 6.07) is 14.6. The minimum atomic E-state index is -0.672. The van der Waals surface area contributed by atoms with E-state index < -0.39 is 11.8 Å². The van der Waals surface area contributed by atoms with Crippen LogP contribution in [-0.4, -0.2) is 25.5 Å². The van der Waals surface area contributed by atoms with Crippen molar-refractivity contribution in [2.24, 2.45) is 0 Å². The van der Waals surface area contributed by atoms with E-state index in [1.807, 2.05) is 49.4 Å². The van der Waals surface area contributed by atoms with Crippen LogP contribution in [-0.2, 0) is 22.7 Å². The van der Waals surface area contributed by atoms with Crippen molar-refractivity contribution in [2.75, 3.05) is 13.7 Å². The van der Waals surface area contributed by atoms with Crippen molar-refractivity contribution in [1.82, 2.24) is 10.6 Å². The number of benzene rings is 2. The summed E-state index contributed by atoms with van der Waals surface area (Å²) in [4.78, 5) is 23.7. The van der Waals surface area contributed by atoms with Crippen molar-refractivity contribution >= 4 is 11.8 Å². The van der Waals surface area contributed by atoms with Gasteiger partial charge in [-0.3, -0.25) is 9.59 Å². The van der Waals surface area contributed by atoms with Gasteiger partial charge in [0.2, 0.25) is 0 Å². The summed E-state index contributed by atoms with van der Waals surface area (Å²) in [6.07, 6.45) is 0. The average molecular weight is 342 g/mol. The Morgan fingerprint density at radius 1 is 0.880 bits per heavy atom. The summed E-state index contributed by atoms with van der Waals surface area (Å²) in [6.45, 7) is 3.05.